The predicted molar refractivity (Wildman–Crippen MR) is 152 cm³/mol. The molecule has 2 aliphatic heterocycles. The molecule has 0 spiro atoms. The predicted octanol–water partition coefficient (Wildman–Crippen LogP) is 4.51. The Bertz CT molecular complexity index is 1360. The summed E-state index contributed by atoms with van der Waals surface area (Å²) in [6, 6.07) is 4.70. The van der Waals surface area contributed by atoms with Crippen molar-refractivity contribution in [1.82, 2.24) is 9.80 Å². The Morgan fingerprint density at radius 1 is 1.02 bits per heavy atom. The number of carbonyl (C=O) groups excluding carboxylic acids is 4. The number of aromatic hydroxyl groups is 1. The molecule has 1 saturated carbocycles. The zero-order valence-electron chi connectivity index (χ0n) is 21.1. The molecule has 2 N–H and O–H groups in total. The van der Waals surface area contributed by atoms with Crippen LogP contribution in [0.25, 0.3) is 0 Å². The largest absolute Gasteiger partial charge is 0.508 e. The summed E-state index contributed by atoms with van der Waals surface area (Å²) in [5.41, 5.74) is 0.754. The first-order valence-electron chi connectivity index (χ1n) is 12.9. The number of amides is 4. The SMILES string of the molecule is O=C(O)CCCCCN1C(=O)[C@H]2[C@H](CC=C3[C@H]2C[C@@]2(Cl)C(=O)N(CBr)C(=O)[C@@]2(Cl)[C@H]3c2cc(Br)ccc2O)C1=O. The van der Waals surface area contributed by atoms with Crippen LogP contribution in [0.3, 0.4) is 0 Å². The molecule has 2 aliphatic carbocycles. The molecule has 5 rings (SSSR count). The summed E-state index contributed by atoms with van der Waals surface area (Å²) in [7, 11) is 0. The maximum atomic E-state index is 13.8. The number of halogens is 4. The Morgan fingerprint density at radius 2 is 1.75 bits per heavy atom. The second-order valence-corrected chi connectivity index (χ2v) is 13.4. The highest BCUT2D eigenvalue weighted by Crippen LogP contribution is 2.66. The van der Waals surface area contributed by atoms with E-state index < -0.39 is 51.2 Å². The van der Waals surface area contributed by atoms with Crippen LogP contribution in [0.5, 0.6) is 5.75 Å². The topological polar surface area (TPSA) is 132 Å². The summed E-state index contributed by atoms with van der Waals surface area (Å²) in [6.45, 7) is 0.169. The van der Waals surface area contributed by atoms with Gasteiger partial charge in [-0.25, -0.2) is 0 Å². The summed E-state index contributed by atoms with van der Waals surface area (Å²) in [5.74, 6) is -6.31. The Labute approximate surface area is 257 Å². The number of likely N-dealkylation sites (tertiary alicyclic amines) is 2. The maximum absolute atomic E-state index is 13.8. The number of carboxylic acids is 1. The average molecular weight is 721 g/mol. The number of phenolic OH excluding ortho intramolecular Hbond substituents is 1. The van der Waals surface area contributed by atoms with E-state index in [1.807, 2.05) is 6.08 Å². The number of benzene rings is 1. The zero-order chi connectivity index (χ0) is 29.1. The summed E-state index contributed by atoms with van der Waals surface area (Å²) in [4.78, 5) is 63.6. The lowest BCUT2D eigenvalue weighted by molar-refractivity contribution is -0.141. The Kier molecular flexibility index (Phi) is 7.91. The van der Waals surface area contributed by atoms with Gasteiger partial charge in [0.15, 0.2) is 9.75 Å². The van der Waals surface area contributed by atoms with Crippen molar-refractivity contribution in [2.75, 3.05) is 12.0 Å². The number of carbonyl (C=O) groups is 5. The highest BCUT2D eigenvalue weighted by atomic mass is 79.9. The normalized spacial score (nSPS) is 33.1. The number of hydrogen-bond donors (Lipinski definition) is 2. The molecule has 40 heavy (non-hydrogen) atoms. The van der Waals surface area contributed by atoms with E-state index in [-0.39, 0.29) is 54.4 Å². The van der Waals surface area contributed by atoms with Crippen molar-refractivity contribution in [3.05, 3.63) is 39.9 Å². The molecule has 0 bridgehead atoms. The molecule has 6 atom stereocenters. The number of nitrogens with zero attached hydrogens (tertiary/aromatic N) is 2. The van der Waals surface area contributed by atoms with Gasteiger partial charge in [0.1, 0.15) is 5.75 Å². The van der Waals surface area contributed by atoms with Crippen molar-refractivity contribution in [1.29, 1.82) is 0 Å². The van der Waals surface area contributed by atoms with Crippen LogP contribution in [0.15, 0.2) is 34.3 Å². The zero-order valence-corrected chi connectivity index (χ0v) is 25.8. The molecule has 1 aromatic carbocycles. The van der Waals surface area contributed by atoms with E-state index in [1.54, 1.807) is 12.1 Å². The molecule has 4 amide bonds. The van der Waals surface area contributed by atoms with Gasteiger partial charge in [0.05, 0.1) is 17.3 Å². The number of allylic oxidation sites excluding steroid dienone is 2. The molecule has 1 aromatic rings. The van der Waals surface area contributed by atoms with Crippen molar-refractivity contribution in [3.63, 3.8) is 0 Å². The monoisotopic (exact) mass is 718 g/mol. The molecule has 0 radical (unpaired) electrons. The summed E-state index contributed by atoms with van der Waals surface area (Å²) >= 11 is 20.9. The van der Waals surface area contributed by atoms with Gasteiger partial charge in [-0.3, -0.25) is 33.8 Å². The van der Waals surface area contributed by atoms with Crippen molar-refractivity contribution in [2.24, 2.45) is 17.8 Å². The minimum Gasteiger partial charge on any atom is -0.508 e. The van der Waals surface area contributed by atoms with Gasteiger partial charge in [-0.15, -0.1) is 23.2 Å². The maximum Gasteiger partial charge on any atom is 0.303 e. The fourth-order valence-corrected chi connectivity index (χ4v) is 8.66. The number of phenols is 1. The van der Waals surface area contributed by atoms with Gasteiger partial charge in [-0.1, -0.05) is 49.9 Å². The fourth-order valence-electron chi connectivity index (χ4n) is 6.86. The third-order valence-corrected chi connectivity index (χ3v) is 11.1. The van der Waals surface area contributed by atoms with E-state index in [1.165, 1.54) is 11.0 Å². The van der Waals surface area contributed by atoms with Crippen LogP contribution < -0.4 is 0 Å². The highest BCUT2D eigenvalue weighted by molar-refractivity contribution is 9.10. The van der Waals surface area contributed by atoms with E-state index >= 15 is 0 Å². The quantitative estimate of drug-likeness (QED) is 0.133. The molecule has 214 valence electrons. The van der Waals surface area contributed by atoms with Crippen LogP contribution in [-0.2, 0) is 24.0 Å². The van der Waals surface area contributed by atoms with Crippen LogP contribution in [0.1, 0.15) is 50.0 Å². The third-order valence-electron chi connectivity index (χ3n) is 8.68. The van der Waals surface area contributed by atoms with Gasteiger partial charge >= 0.3 is 5.97 Å². The number of rotatable bonds is 8. The smallest absolute Gasteiger partial charge is 0.303 e. The highest BCUT2D eigenvalue weighted by Gasteiger charge is 2.76. The third kappa shape index (κ3) is 4.25. The number of hydrogen-bond acceptors (Lipinski definition) is 6. The standard InChI is InChI=1S/C27H26Br2Cl2N2O7/c28-12-33-24(39)26(30)11-17-14(21(27(26,31)25(33)40)16-10-13(29)5-8-18(16)34)6-7-15-20(17)23(38)32(22(15)37)9-3-1-2-4-19(35)36/h5-6,8,10,15,17,20-21,34H,1-4,7,9,11-12H2,(H,35,36)/t15-,17+,20-,21+,26+,27-/m0/s1. The van der Waals surface area contributed by atoms with E-state index in [0.29, 0.717) is 29.3 Å². The van der Waals surface area contributed by atoms with Gasteiger partial charge in [0.2, 0.25) is 11.8 Å². The first-order valence-corrected chi connectivity index (χ1v) is 15.6. The minimum atomic E-state index is -1.98. The summed E-state index contributed by atoms with van der Waals surface area (Å²) < 4.78 is 0.604. The molecule has 13 heteroatoms. The van der Waals surface area contributed by atoms with Gasteiger partial charge in [-0.2, -0.15) is 0 Å². The van der Waals surface area contributed by atoms with Crippen molar-refractivity contribution in [3.8, 4) is 5.75 Å². The molecule has 2 heterocycles. The van der Waals surface area contributed by atoms with Gasteiger partial charge in [0.25, 0.3) is 11.8 Å². The van der Waals surface area contributed by atoms with Gasteiger partial charge in [-0.05, 0) is 49.8 Å². The number of fused-ring (bicyclic) bond motifs is 4. The van der Waals surface area contributed by atoms with Crippen LogP contribution in [0, 0.1) is 17.8 Å². The van der Waals surface area contributed by atoms with Crippen LogP contribution in [0.4, 0.5) is 0 Å². The Balaban J connectivity index is 1.55. The molecular formula is C27H26Br2Cl2N2O7. The second-order valence-electron chi connectivity index (χ2n) is 10.7. The number of carboxylic acid groups (broad SMARTS) is 1. The van der Waals surface area contributed by atoms with E-state index in [2.05, 4.69) is 31.9 Å². The summed E-state index contributed by atoms with van der Waals surface area (Å²) in [5, 5.41) is 19.8. The lowest BCUT2D eigenvalue weighted by Crippen LogP contribution is -2.60. The second kappa shape index (κ2) is 10.7. The fraction of sp³-hybridized carbons (Fsp3) is 0.519. The lowest BCUT2D eigenvalue weighted by atomic mass is 9.56. The molecule has 2 saturated heterocycles. The molecule has 9 nitrogen and oxygen atoms in total. The Hall–Kier alpha value is -1.95. The first-order chi connectivity index (χ1) is 18.9. The van der Waals surface area contributed by atoms with Crippen molar-refractivity contribution < 1.29 is 34.2 Å². The number of imide groups is 2. The minimum absolute atomic E-state index is 0.0163. The Morgan fingerprint density at radius 3 is 2.42 bits per heavy atom. The average Bonchev–Trinajstić information content (AvgIpc) is 3.23. The number of aliphatic carboxylic acids is 1. The van der Waals surface area contributed by atoms with Gasteiger partial charge in [0, 0.05) is 28.9 Å². The molecule has 3 fully saturated rings. The lowest BCUT2D eigenvalue weighted by Gasteiger charge is -2.50. The molecular weight excluding hydrogens is 695 g/mol. The van der Waals surface area contributed by atoms with Crippen LogP contribution in [0.2, 0.25) is 0 Å². The van der Waals surface area contributed by atoms with Crippen molar-refractivity contribution >= 4 is 84.7 Å². The van der Waals surface area contributed by atoms with Crippen molar-refractivity contribution in [2.45, 2.75) is 54.2 Å². The molecule has 0 aromatic heterocycles. The van der Waals surface area contributed by atoms with Gasteiger partial charge < -0.3 is 10.2 Å². The summed E-state index contributed by atoms with van der Waals surface area (Å²) in [6.07, 6.45) is 3.40. The number of unbranched alkanes of at least 4 members (excludes halogenated alkanes) is 2. The first kappa shape index (κ1) is 29.5. The molecule has 0 unspecified atom stereocenters. The van der Waals surface area contributed by atoms with Crippen LogP contribution in [-0.4, -0.2) is 71.4 Å². The van der Waals surface area contributed by atoms with Crippen LogP contribution >= 0.6 is 55.1 Å². The van der Waals surface area contributed by atoms with E-state index in [9.17, 15) is 29.1 Å². The van der Waals surface area contributed by atoms with E-state index in [0.717, 1.165) is 4.90 Å². The molecule has 4 aliphatic rings. The number of alkyl halides is 3. The van der Waals surface area contributed by atoms with E-state index in [4.69, 9.17) is 28.3 Å².